The fourth-order valence-electron chi connectivity index (χ4n) is 0.913. The predicted molar refractivity (Wildman–Crippen MR) is 54.2 cm³/mol. The van der Waals surface area contributed by atoms with Crippen LogP contribution >= 0.6 is 22.9 Å². The molecule has 0 aliphatic carbocycles. The predicted octanol–water partition coefficient (Wildman–Crippen LogP) is 1.84. The van der Waals surface area contributed by atoms with E-state index in [4.69, 9.17) is 4.74 Å². The van der Waals surface area contributed by atoms with E-state index in [1.54, 1.807) is 17.0 Å². The molecule has 0 saturated carbocycles. The van der Waals surface area contributed by atoms with Crippen LogP contribution in [0.5, 0.6) is 5.88 Å². The normalized spacial score (nSPS) is 10.1. The average Bonchev–Trinajstić information content (AvgIpc) is 2.88. The van der Waals surface area contributed by atoms with Crippen LogP contribution in [-0.4, -0.2) is 22.3 Å². The maximum Gasteiger partial charge on any atom is 0.225 e. The largest absolute Gasteiger partial charge is 0.480 e. The van der Waals surface area contributed by atoms with E-state index in [1.807, 2.05) is 0 Å². The Bertz CT molecular complexity index is 436. The van der Waals surface area contributed by atoms with E-state index in [-0.39, 0.29) is 5.78 Å². The first-order valence-electron chi connectivity index (χ1n) is 3.75. The number of aromatic nitrogens is 2. The minimum Gasteiger partial charge on any atom is -0.480 e. The zero-order valence-corrected chi connectivity index (χ0v) is 8.89. The highest BCUT2D eigenvalue weighted by atomic mass is 32.1. The number of rotatable bonds is 3. The summed E-state index contributed by atoms with van der Waals surface area (Å²) in [6.45, 7) is 0. The molecular weight excluding hydrogens is 220 g/mol. The van der Waals surface area contributed by atoms with Crippen LogP contribution in [0.3, 0.4) is 0 Å². The Labute approximate surface area is 88.4 Å². The second kappa shape index (κ2) is 3.85. The molecule has 2 aromatic rings. The second-order valence-electron chi connectivity index (χ2n) is 2.44. The lowest BCUT2D eigenvalue weighted by atomic mass is 10.3. The lowest BCUT2D eigenvalue weighted by molar-refractivity contribution is 0.103. The van der Waals surface area contributed by atoms with Gasteiger partial charge in [-0.1, -0.05) is 0 Å². The van der Waals surface area contributed by atoms with Gasteiger partial charge in [-0.05, 0) is 11.5 Å². The molecule has 4 nitrogen and oxygen atoms in total. The molecule has 6 heteroatoms. The van der Waals surface area contributed by atoms with Crippen LogP contribution in [0, 0.1) is 0 Å². The molecule has 0 fully saturated rings. The molecule has 2 heterocycles. The van der Waals surface area contributed by atoms with Crippen molar-refractivity contribution < 1.29 is 9.53 Å². The zero-order valence-electron chi connectivity index (χ0n) is 7.26. The van der Waals surface area contributed by atoms with Crippen LogP contribution in [0.25, 0.3) is 0 Å². The van der Waals surface area contributed by atoms with Gasteiger partial charge in [0.2, 0.25) is 11.7 Å². The summed E-state index contributed by atoms with van der Waals surface area (Å²) in [4.78, 5) is 16.2. The van der Waals surface area contributed by atoms with E-state index in [9.17, 15) is 4.79 Å². The molecule has 0 atom stereocenters. The summed E-state index contributed by atoms with van der Waals surface area (Å²) in [6, 6.07) is 1.62. The molecule has 14 heavy (non-hydrogen) atoms. The Morgan fingerprint density at radius 1 is 1.57 bits per heavy atom. The topological polar surface area (TPSA) is 52.1 Å². The highest BCUT2D eigenvalue weighted by Crippen LogP contribution is 2.19. The Morgan fingerprint density at radius 3 is 3.00 bits per heavy atom. The lowest BCUT2D eigenvalue weighted by Crippen LogP contribution is -1.97. The quantitative estimate of drug-likeness (QED) is 0.749. The molecule has 0 N–H and O–H groups in total. The first-order chi connectivity index (χ1) is 6.81. The third kappa shape index (κ3) is 1.66. The Balaban J connectivity index is 2.28. The van der Waals surface area contributed by atoms with Crippen LogP contribution in [0.15, 0.2) is 17.0 Å². The Morgan fingerprint density at radius 2 is 2.43 bits per heavy atom. The van der Waals surface area contributed by atoms with Crippen LogP contribution in [0.4, 0.5) is 0 Å². The molecule has 0 bridgehead atoms. The molecule has 0 aliphatic heterocycles. The van der Waals surface area contributed by atoms with Gasteiger partial charge in [-0.15, -0.1) is 11.3 Å². The number of hydrogen-bond donors (Lipinski definition) is 0. The number of methoxy groups -OCH3 is 1. The van der Waals surface area contributed by atoms with Gasteiger partial charge in [0, 0.05) is 11.4 Å². The number of carbonyl (C=O) groups is 1. The SMILES string of the molecule is COc1cc(C(=O)c2cscn2)sn1. The van der Waals surface area contributed by atoms with Gasteiger partial charge in [0.15, 0.2) is 0 Å². The van der Waals surface area contributed by atoms with E-state index in [2.05, 4.69) is 9.36 Å². The maximum absolute atomic E-state index is 11.7. The summed E-state index contributed by atoms with van der Waals surface area (Å²) < 4.78 is 8.83. The van der Waals surface area contributed by atoms with Gasteiger partial charge in [-0.3, -0.25) is 4.79 Å². The number of ketones is 1. The number of ether oxygens (including phenoxy) is 1. The third-order valence-electron chi connectivity index (χ3n) is 1.59. The molecule has 0 saturated heterocycles. The molecule has 2 aromatic heterocycles. The monoisotopic (exact) mass is 226 g/mol. The van der Waals surface area contributed by atoms with Crippen molar-refractivity contribution >= 4 is 28.7 Å². The molecule has 2 rings (SSSR count). The maximum atomic E-state index is 11.7. The van der Waals surface area contributed by atoms with Gasteiger partial charge >= 0.3 is 0 Å². The van der Waals surface area contributed by atoms with Crippen molar-refractivity contribution in [3.8, 4) is 5.88 Å². The fraction of sp³-hybridized carbons (Fsp3) is 0.125. The highest BCUT2D eigenvalue weighted by molar-refractivity contribution is 7.09. The summed E-state index contributed by atoms with van der Waals surface area (Å²) in [5.74, 6) is 0.362. The van der Waals surface area contributed by atoms with E-state index in [1.165, 1.54) is 18.4 Å². The van der Waals surface area contributed by atoms with E-state index in [0.29, 0.717) is 16.5 Å². The van der Waals surface area contributed by atoms with Crippen molar-refractivity contribution in [1.29, 1.82) is 0 Å². The summed E-state index contributed by atoms with van der Waals surface area (Å²) >= 11 is 2.52. The van der Waals surface area contributed by atoms with Gasteiger partial charge in [0.05, 0.1) is 12.6 Å². The van der Waals surface area contributed by atoms with Crippen LogP contribution in [0.1, 0.15) is 15.4 Å². The molecule has 0 amide bonds. The summed E-state index contributed by atoms with van der Waals surface area (Å²) in [6.07, 6.45) is 0. The molecule has 0 unspecified atom stereocenters. The van der Waals surface area contributed by atoms with Crippen molar-refractivity contribution in [2.24, 2.45) is 0 Å². The van der Waals surface area contributed by atoms with Crippen molar-refractivity contribution in [3.63, 3.8) is 0 Å². The first-order valence-corrected chi connectivity index (χ1v) is 5.46. The van der Waals surface area contributed by atoms with Gasteiger partial charge in [0.1, 0.15) is 10.6 Å². The van der Waals surface area contributed by atoms with Crippen LogP contribution in [0.2, 0.25) is 0 Å². The minimum absolute atomic E-state index is 0.105. The smallest absolute Gasteiger partial charge is 0.225 e. The average molecular weight is 226 g/mol. The van der Waals surface area contributed by atoms with Crippen molar-refractivity contribution in [2.75, 3.05) is 7.11 Å². The molecular formula is C8H6N2O2S2. The number of thiazole rings is 1. The van der Waals surface area contributed by atoms with Gasteiger partial charge in [-0.2, -0.15) is 4.37 Å². The fourth-order valence-corrected chi connectivity index (χ4v) is 2.10. The van der Waals surface area contributed by atoms with Crippen LogP contribution in [-0.2, 0) is 0 Å². The van der Waals surface area contributed by atoms with Crippen molar-refractivity contribution in [3.05, 3.63) is 27.5 Å². The standard InChI is InChI=1S/C8H6N2O2S2/c1-12-7-2-6(14-10-7)8(11)5-3-13-4-9-5/h2-4H,1H3. The van der Waals surface area contributed by atoms with E-state index < -0.39 is 0 Å². The molecule has 0 aromatic carbocycles. The highest BCUT2D eigenvalue weighted by Gasteiger charge is 2.14. The lowest BCUT2D eigenvalue weighted by Gasteiger charge is -1.89. The number of hydrogen-bond acceptors (Lipinski definition) is 6. The van der Waals surface area contributed by atoms with Crippen molar-refractivity contribution in [1.82, 2.24) is 9.36 Å². The van der Waals surface area contributed by atoms with Gasteiger partial charge in [-0.25, -0.2) is 4.98 Å². The molecule has 0 radical (unpaired) electrons. The summed E-state index contributed by atoms with van der Waals surface area (Å²) in [5, 5.41) is 1.72. The zero-order chi connectivity index (χ0) is 9.97. The van der Waals surface area contributed by atoms with Gasteiger partial charge < -0.3 is 4.74 Å². The van der Waals surface area contributed by atoms with E-state index in [0.717, 1.165) is 11.5 Å². The van der Waals surface area contributed by atoms with Crippen molar-refractivity contribution in [2.45, 2.75) is 0 Å². The summed E-state index contributed by atoms with van der Waals surface area (Å²) in [7, 11) is 1.52. The summed E-state index contributed by atoms with van der Waals surface area (Å²) in [5.41, 5.74) is 2.09. The Hall–Kier alpha value is -1.27. The number of nitrogens with zero attached hydrogens (tertiary/aromatic N) is 2. The van der Waals surface area contributed by atoms with E-state index >= 15 is 0 Å². The second-order valence-corrected chi connectivity index (χ2v) is 3.96. The molecule has 0 aliphatic rings. The van der Waals surface area contributed by atoms with Crippen LogP contribution < -0.4 is 4.74 Å². The molecule has 72 valence electrons. The number of carbonyl (C=O) groups excluding carboxylic acids is 1. The molecule has 0 spiro atoms. The third-order valence-corrected chi connectivity index (χ3v) is 2.94. The van der Waals surface area contributed by atoms with Gasteiger partial charge in [0.25, 0.3) is 0 Å². The minimum atomic E-state index is -0.105. The Kier molecular flexibility index (Phi) is 2.55. The first kappa shape index (κ1) is 9.29.